The van der Waals surface area contributed by atoms with Crippen molar-refractivity contribution in [2.75, 3.05) is 26.2 Å². The third-order valence-corrected chi connectivity index (χ3v) is 5.46. The molecule has 2 aliphatic heterocycles. The molecule has 2 heterocycles. The number of nitrogens with zero attached hydrogens (tertiary/aromatic N) is 1. The fourth-order valence-electron chi connectivity index (χ4n) is 4.10. The van der Waals surface area contributed by atoms with E-state index in [1.807, 2.05) is 0 Å². The number of carbonyl (C=O) groups is 1. The molecule has 3 fully saturated rings. The van der Waals surface area contributed by atoms with E-state index in [-0.39, 0.29) is 18.1 Å². The molecule has 5 nitrogen and oxygen atoms in total. The summed E-state index contributed by atoms with van der Waals surface area (Å²) < 4.78 is 5.44. The molecule has 0 radical (unpaired) electrons. The Balaban J connectivity index is 1.39. The van der Waals surface area contributed by atoms with Crippen LogP contribution < -0.4 is 5.32 Å². The van der Waals surface area contributed by atoms with Crippen molar-refractivity contribution in [3.05, 3.63) is 0 Å². The van der Waals surface area contributed by atoms with E-state index in [9.17, 15) is 9.90 Å². The number of amides is 1. The van der Waals surface area contributed by atoms with Crippen molar-refractivity contribution in [3.8, 4) is 0 Å². The molecule has 1 amide bonds. The Morgan fingerprint density at radius 2 is 1.86 bits per heavy atom. The zero-order valence-corrected chi connectivity index (χ0v) is 13.6. The largest absolute Gasteiger partial charge is 0.389 e. The van der Waals surface area contributed by atoms with E-state index in [1.165, 1.54) is 6.42 Å². The molecule has 22 heavy (non-hydrogen) atoms. The SMILES string of the molecule is O=C(NC1CCN(CC2(O)CCCCC2)CC1)C1CCCO1. The molecule has 2 saturated heterocycles. The lowest BCUT2D eigenvalue weighted by molar-refractivity contribution is -0.131. The number of aliphatic hydroxyl groups is 1. The standard InChI is InChI=1S/C17H30N2O3/c20-16(15-5-4-12-22-15)18-14-6-10-19(11-7-14)13-17(21)8-2-1-3-9-17/h14-15,21H,1-13H2,(H,18,20). The van der Waals surface area contributed by atoms with Gasteiger partial charge in [-0.3, -0.25) is 4.79 Å². The van der Waals surface area contributed by atoms with Crippen LogP contribution in [0.25, 0.3) is 0 Å². The minimum atomic E-state index is -0.466. The van der Waals surface area contributed by atoms with Gasteiger partial charge in [-0.1, -0.05) is 19.3 Å². The number of carbonyl (C=O) groups excluding carboxylic acids is 1. The van der Waals surface area contributed by atoms with Crippen molar-refractivity contribution >= 4 is 5.91 Å². The fourth-order valence-corrected chi connectivity index (χ4v) is 4.10. The Kier molecular flexibility index (Phi) is 5.37. The molecule has 0 aromatic rings. The summed E-state index contributed by atoms with van der Waals surface area (Å²) in [5.74, 6) is 0.0712. The molecular weight excluding hydrogens is 280 g/mol. The van der Waals surface area contributed by atoms with Crippen LogP contribution in [0.4, 0.5) is 0 Å². The number of piperidine rings is 1. The van der Waals surface area contributed by atoms with Crippen LogP contribution in [0.15, 0.2) is 0 Å². The van der Waals surface area contributed by atoms with Gasteiger partial charge in [0.2, 0.25) is 5.91 Å². The molecular formula is C17H30N2O3. The van der Waals surface area contributed by atoms with Crippen molar-refractivity contribution < 1.29 is 14.6 Å². The first-order chi connectivity index (χ1) is 10.6. The van der Waals surface area contributed by atoms with Crippen molar-refractivity contribution in [1.29, 1.82) is 0 Å². The molecule has 3 aliphatic rings. The molecule has 0 aromatic carbocycles. The monoisotopic (exact) mass is 310 g/mol. The topological polar surface area (TPSA) is 61.8 Å². The van der Waals surface area contributed by atoms with Crippen LogP contribution in [0.1, 0.15) is 57.8 Å². The second kappa shape index (κ2) is 7.28. The van der Waals surface area contributed by atoms with Crippen molar-refractivity contribution in [2.24, 2.45) is 0 Å². The Labute approximate surface area is 133 Å². The second-order valence-electron chi connectivity index (χ2n) is 7.35. The van der Waals surface area contributed by atoms with E-state index in [1.54, 1.807) is 0 Å². The maximum absolute atomic E-state index is 12.1. The Hall–Kier alpha value is -0.650. The zero-order chi connectivity index (χ0) is 15.4. The summed E-state index contributed by atoms with van der Waals surface area (Å²) in [6.45, 7) is 3.46. The number of rotatable bonds is 4. The van der Waals surface area contributed by atoms with Gasteiger partial charge < -0.3 is 20.1 Å². The zero-order valence-electron chi connectivity index (χ0n) is 13.6. The van der Waals surface area contributed by atoms with E-state index in [0.29, 0.717) is 0 Å². The van der Waals surface area contributed by atoms with Crippen molar-refractivity contribution in [3.63, 3.8) is 0 Å². The Bertz CT molecular complexity index is 368. The number of hydrogen-bond donors (Lipinski definition) is 2. The lowest BCUT2D eigenvalue weighted by Gasteiger charge is -2.40. The molecule has 1 aliphatic carbocycles. The lowest BCUT2D eigenvalue weighted by atomic mass is 9.84. The second-order valence-corrected chi connectivity index (χ2v) is 7.35. The van der Waals surface area contributed by atoms with Crippen LogP contribution in [0, 0.1) is 0 Å². The summed E-state index contributed by atoms with van der Waals surface area (Å²) in [4.78, 5) is 14.4. The fraction of sp³-hybridized carbons (Fsp3) is 0.941. The molecule has 126 valence electrons. The van der Waals surface area contributed by atoms with Gasteiger partial charge in [-0.2, -0.15) is 0 Å². The van der Waals surface area contributed by atoms with E-state index >= 15 is 0 Å². The highest BCUT2D eigenvalue weighted by atomic mass is 16.5. The summed E-state index contributed by atoms with van der Waals surface area (Å²) in [5, 5.41) is 13.8. The predicted octanol–water partition coefficient (Wildman–Crippen LogP) is 1.44. The summed E-state index contributed by atoms with van der Waals surface area (Å²) in [7, 11) is 0. The number of hydrogen-bond acceptors (Lipinski definition) is 4. The molecule has 0 spiro atoms. The molecule has 1 saturated carbocycles. The maximum atomic E-state index is 12.1. The Morgan fingerprint density at radius 3 is 2.50 bits per heavy atom. The van der Waals surface area contributed by atoms with Gasteiger partial charge >= 0.3 is 0 Å². The van der Waals surface area contributed by atoms with E-state index < -0.39 is 5.60 Å². The average Bonchev–Trinajstić information content (AvgIpc) is 3.04. The van der Waals surface area contributed by atoms with Gasteiger partial charge in [0, 0.05) is 32.3 Å². The number of nitrogens with one attached hydrogen (secondary N) is 1. The molecule has 2 N–H and O–H groups in total. The first kappa shape index (κ1) is 16.2. The summed E-state index contributed by atoms with van der Waals surface area (Å²) in [6, 6.07) is 0.272. The normalized spacial score (nSPS) is 30.3. The quantitative estimate of drug-likeness (QED) is 0.825. The van der Waals surface area contributed by atoms with Gasteiger partial charge in [-0.25, -0.2) is 0 Å². The molecule has 0 bridgehead atoms. The number of likely N-dealkylation sites (tertiary alicyclic amines) is 1. The highest BCUT2D eigenvalue weighted by Gasteiger charge is 2.33. The van der Waals surface area contributed by atoms with E-state index in [2.05, 4.69) is 10.2 Å². The molecule has 1 atom stereocenters. The van der Waals surface area contributed by atoms with Crippen LogP contribution in [-0.2, 0) is 9.53 Å². The third kappa shape index (κ3) is 4.21. The van der Waals surface area contributed by atoms with E-state index in [0.717, 1.165) is 77.6 Å². The summed E-state index contributed by atoms with van der Waals surface area (Å²) >= 11 is 0. The van der Waals surface area contributed by atoms with Crippen LogP contribution >= 0.6 is 0 Å². The predicted molar refractivity (Wildman–Crippen MR) is 84.6 cm³/mol. The third-order valence-electron chi connectivity index (χ3n) is 5.46. The first-order valence-corrected chi connectivity index (χ1v) is 9.01. The minimum Gasteiger partial charge on any atom is -0.389 e. The molecule has 1 unspecified atom stereocenters. The van der Waals surface area contributed by atoms with Crippen LogP contribution in [0.5, 0.6) is 0 Å². The summed E-state index contributed by atoms with van der Waals surface area (Å²) in [5.41, 5.74) is -0.466. The minimum absolute atomic E-state index is 0.0712. The van der Waals surface area contributed by atoms with Gasteiger partial charge in [0.05, 0.1) is 5.60 Å². The van der Waals surface area contributed by atoms with Crippen molar-refractivity contribution in [2.45, 2.75) is 75.5 Å². The smallest absolute Gasteiger partial charge is 0.249 e. The van der Waals surface area contributed by atoms with Gasteiger partial charge in [0.15, 0.2) is 0 Å². The highest BCUT2D eigenvalue weighted by Crippen LogP contribution is 2.29. The van der Waals surface area contributed by atoms with Gasteiger partial charge in [0.1, 0.15) is 6.10 Å². The maximum Gasteiger partial charge on any atom is 0.249 e. The van der Waals surface area contributed by atoms with Crippen molar-refractivity contribution in [1.82, 2.24) is 10.2 Å². The van der Waals surface area contributed by atoms with Crippen LogP contribution in [-0.4, -0.2) is 59.9 Å². The van der Waals surface area contributed by atoms with Gasteiger partial charge in [-0.05, 0) is 38.5 Å². The average molecular weight is 310 g/mol. The number of β-amino-alcohol motifs (C(OH)–C–C–N with tert-alkyl or cyclic N) is 1. The van der Waals surface area contributed by atoms with Crippen LogP contribution in [0.2, 0.25) is 0 Å². The van der Waals surface area contributed by atoms with Crippen LogP contribution in [0.3, 0.4) is 0 Å². The Morgan fingerprint density at radius 1 is 1.14 bits per heavy atom. The molecule has 0 aromatic heterocycles. The van der Waals surface area contributed by atoms with E-state index in [4.69, 9.17) is 4.74 Å². The molecule has 5 heteroatoms. The van der Waals surface area contributed by atoms with Gasteiger partial charge in [-0.15, -0.1) is 0 Å². The lowest BCUT2D eigenvalue weighted by Crippen LogP contribution is -2.51. The first-order valence-electron chi connectivity index (χ1n) is 9.01. The number of ether oxygens (including phenoxy) is 1. The highest BCUT2D eigenvalue weighted by molar-refractivity contribution is 5.81. The summed E-state index contributed by atoms with van der Waals surface area (Å²) in [6.07, 6.45) is 9.07. The molecule has 3 rings (SSSR count). The van der Waals surface area contributed by atoms with Gasteiger partial charge in [0.25, 0.3) is 0 Å².